The molecule has 0 spiro atoms. The topological polar surface area (TPSA) is 67.9 Å². The summed E-state index contributed by atoms with van der Waals surface area (Å²) in [6.45, 7) is 8.39. The normalized spacial score (nSPS) is 20.2. The number of nitrogens with zero attached hydrogens (tertiary/aromatic N) is 1. The smallest absolute Gasteiger partial charge is 0.410 e. The van der Waals surface area contributed by atoms with Crippen molar-refractivity contribution in [3.05, 3.63) is 47.7 Å². The molecule has 1 atom stereocenters. The Hall–Kier alpha value is -2.50. The Bertz CT molecular complexity index is 679. The minimum absolute atomic E-state index is 0.197. The Morgan fingerprint density at radius 1 is 1.23 bits per heavy atom. The van der Waals surface area contributed by atoms with Crippen LogP contribution in [-0.4, -0.2) is 42.8 Å². The summed E-state index contributed by atoms with van der Waals surface area (Å²) in [6.07, 6.45) is 1.42. The third-order valence-corrected chi connectivity index (χ3v) is 4.23. The van der Waals surface area contributed by atoms with Crippen molar-refractivity contribution in [1.29, 1.82) is 0 Å². The fourth-order valence-electron chi connectivity index (χ4n) is 2.88. The summed E-state index contributed by atoms with van der Waals surface area (Å²) in [5.41, 5.74) is 0.302. The first-order valence-corrected chi connectivity index (χ1v) is 8.70. The third kappa shape index (κ3) is 4.77. The van der Waals surface area contributed by atoms with Gasteiger partial charge in [0.25, 0.3) is 0 Å². The number of hydrogen-bond donors (Lipinski definition) is 1. The predicted octanol–water partition coefficient (Wildman–Crippen LogP) is 3.09. The van der Waals surface area contributed by atoms with Gasteiger partial charge in [-0.2, -0.15) is 0 Å². The van der Waals surface area contributed by atoms with Gasteiger partial charge in [-0.05, 0) is 39.3 Å². The SMILES string of the molecule is COC(=O)C1(C)CN(C(=O)OC(C)(C)C)CC=C1NCc1ccccc1. The molecule has 0 aromatic heterocycles. The predicted molar refractivity (Wildman–Crippen MR) is 99.3 cm³/mol. The van der Waals surface area contributed by atoms with Gasteiger partial charge in [0.2, 0.25) is 0 Å². The number of nitrogens with one attached hydrogen (secondary N) is 1. The van der Waals surface area contributed by atoms with Crippen LogP contribution < -0.4 is 5.32 Å². The van der Waals surface area contributed by atoms with Crippen LogP contribution >= 0.6 is 0 Å². The zero-order valence-electron chi connectivity index (χ0n) is 16.2. The first-order valence-electron chi connectivity index (χ1n) is 8.70. The fourth-order valence-corrected chi connectivity index (χ4v) is 2.88. The van der Waals surface area contributed by atoms with Gasteiger partial charge in [-0.15, -0.1) is 0 Å². The molecule has 1 heterocycles. The van der Waals surface area contributed by atoms with Crippen molar-refractivity contribution >= 4 is 12.1 Å². The summed E-state index contributed by atoms with van der Waals surface area (Å²) in [5.74, 6) is -0.391. The van der Waals surface area contributed by atoms with E-state index in [1.54, 1.807) is 6.92 Å². The van der Waals surface area contributed by atoms with Gasteiger partial charge in [-0.1, -0.05) is 30.3 Å². The molecule has 26 heavy (non-hydrogen) atoms. The summed E-state index contributed by atoms with van der Waals surface area (Å²) in [7, 11) is 1.36. The van der Waals surface area contributed by atoms with E-state index in [9.17, 15) is 9.59 Å². The number of methoxy groups -OCH3 is 1. The van der Waals surface area contributed by atoms with Gasteiger partial charge in [-0.3, -0.25) is 4.79 Å². The zero-order valence-corrected chi connectivity index (χ0v) is 16.2. The van der Waals surface area contributed by atoms with Crippen molar-refractivity contribution in [3.63, 3.8) is 0 Å². The van der Waals surface area contributed by atoms with Gasteiger partial charge < -0.3 is 19.7 Å². The number of hydrogen-bond acceptors (Lipinski definition) is 5. The first-order chi connectivity index (χ1) is 12.2. The fraction of sp³-hybridized carbons (Fsp3) is 0.500. The third-order valence-electron chi connectivity index (χ3n) is 4.23. The van der Waals surface area contributed by atoms with E-state index in [0.717, 1.165) is 11.3 Å². The lowest BCUT2D eigenvalue weighted by molar-refractivity contribution is -0.151. The minimum Gasteiger partial charge on any atom is -0.468 e. The molecule has 1 aromatic rings. The van der Waals surface area contributed by atoms with E-state index in [1.165, 1.54) is 12.0 Å². The molecule has 0 saturated carbocycles. The zero-order chi connectivity index (χ0) is 19.4. The summed E-state index contributed by atoms with van der Waals surface area (Å²) < 4.78 is 10.4. The molecule has 1 N–H and O–H groups in total. The quantitative estimate of drug-likeness (QED) is 0.836. The van der Waals surface area contributed by atoms with Crippen molar-refractivity contribution in [3.8, 4) is 0 Å². The monoisotopic (exact) mass is 360 g/mol. The molecule has 2 rings (SSSR count). The maximum Gasteiger partial charge on any atom is 0.410 e. The largest absolute Gasteiger partial charge is 0.468 e. The first kappa shape index (κ1) is 19.8. The van der Waals surface area contributed by atoms with Crippen molar-refractivity contribution in [1.82, 2.24) is 10.2 Å². The van der Waals surface area contributed by atoms with Crippen LogP contribution in [0.25, 0.3) is 0 Å². The number of ether oxygens (including phenoxy) is 2. The molecule has 0 fully saturated rings. The highest BCUT2D eigenvalue weighted by Gasteiger charge is 2.44. The number of benzene rings is 1. The Balaban J connectivity index is 2.17. The standard InChI is InChI=1S/C20H28N2O4/c1-19(2,3)26-18(24)22-12-11-16(20(4,14-22)17(23)25-5)21-13-15-9-7-6-8-10-15/h6-11,21H,12-14H2,1-5H3. The molecule has 1 aromatic carbocycles. The second-order valence-electron chi connectivity index (χ2n) is 7.64. The Kier molecular flexibility index (Phi) is 5.95. The Morgan fingerprint density at radius 2 is 1.88 bits per heavy atom. The maximum atomic E-state index is 12.5. The van der Waals surface area contributed by atoms with E-state index in [0.29, 0.717) is 13.1 Å². The Morgan fingerprint density at radius 3 is 2.46 bits per heavy atom. The van der Waals surface area contributed by atoms with Crippen LogP contribution in [0.3, 0.4) is 0 Å². The summed E-state index contributed by atoms with van der Waals surface area (Å²) in [4.78, 5) is 26.4. The summed E-state index contributed by atoms with van der Waals surface area (Å²) in [6, 6.07) is 9.92. The lowest BCUT2D eigenvalue weighted by atomic mass is 9.83. The molecule has 1 unspecified atom stereocenters. The van der Waals surface area contributed by atoms with E-state index in [1.807, 2.05) is 57.2 Å². The maximum absolute atomic E-state index is 12.5. The molecule has 1 aliphatic rings. The Labute approximate surface area is 155 Å². The lowest BCUT2D eigenvalue weighted by Crippen LogP contribution is -2.52. The van der Waals surface area contributed by atoms with E-state index in [4.69, 9.17) is 9.47 Å². The number of amides is 1. The number of carbonyl (C=O) groups is 2. The number of esters is 1. The average molecular weight is 360 g/mol. The lowest BCUT2D eigenvalue weighted by Gasteiger charge is -2.39. The highest BCUT2D eigenvalue weighted by Crippen LogP contribution is 2.32. The molecule has 6 heteroatoms. The highest BCUT2D eigenvalue weighted by molar-refractivity contribution is 5.82. The second-order valence-corrected chi connectivity index (χ2v) is 7.64. The number of carbonyl (C=O) groups excluding carboxylic acids is 2. The minimum atomic E-state index is -0.974. The average Bonchev–Trinajstić information content (AvgIpc) is 2.59. The van der Waals surface area contributed by atoms with Crippen molar-refractivity contribution in [2.24, 2.45) is 5.41 Å². The molecule has 0 radical (unpaired) electrons. The van der Waals surface area contributed by atoms with Gasteiger partial charge >= 0.3 is 12.1 Å². The summed E-state index contributed by atoms with van der Waals surface area (Å²) >= 11 is 0. The molecular weight excluding hydrogens is 332 g/mol. The van der Waals surface area contributed by atoms with Gasteiger partial charge in [0.05, 0.1) is 7.11 Å². The highest BCUT2D eigenvalue weighted by atomic mass is 16.6. The van der Waals surface area contributed by atoms with Crippen molar-refractivity contribution < 1.29 is 19.1 Å². The number of rotatable bonds is 4. The molecule has 142 valence electrons. The van der Waals surface area contributed by atoms with Crippen LogP contribution in [0.5, 0.6) is 0 Å². The van der Waals surface area contributed by atoms with E-state index >= 15 is 0 Å². The van der Waals surface area contributed by atoms with Crippen molar-refractivity contribution in [2.45, 2.75) is 39.8 Å². The van der Waals surface area contributed by atoms with Crippen LogP contribution in [0.4, 0.5) is 4.79 Å². The molecule has 1 amide bonds. The molecule has 6 nitrogen and oxygen atoms in total. The van der Waals surface area contributed by atoms with Gasteiger partial charge in [-0.25, -0.2) is 4.79 Å². The van der Waals surface area contributed by atoms with Crippen molar-refractivity contribution in [2.75, 3.05) is 20.2 Å². The van der Waals surface area contributed by atoms with Crippen LogP contribution in [0.15, 0.2) is 42.1 Å². The molecule has 1 aliphatic heterocycles. The van der Waals surface area contributed by atoms with Gasteiger partial charge in [0.1, 0.15) is 11.0 Å². The van der Waals surface area contributed by atoms with Gasteiger partial charge in [0.15, 0.2) is 0 Å². The second kappa shape index (κ2) is 7.81. The van der Waals surface area contributed by atoms with Crippen LogP contribution in [0.1, 0.15) is 33.3 Å². The molecular formula is C20H28N2O4. The van der Waals surface area contributed by atoms with Crippen LogP contribution in [0.2, 0.25) is 0 Å². The summed E-state index contributed by atoms with van der Waals surface area (Å²) in [5, 5.41) is 3.33. The molecule has 0 aliphatic carbocycles. The van der Waals surface area contributed by atoms with Crippen LogP contribution in [-0.2, 0) is 20.8 Å². The van der Waals surface area contributed by atoms with E-state index in [2.05, 4.69) is 5.32 Å². The van der Waals surface area contributed by atoms with Crippen LogP contribution in [0, 0.1) is 5.41 Å². The van der Waals surface area contributed by atoms with Gasteiger partial charge in [0, 0.05) is 25.3 Å². The van der Waals surface area contributed by atoms with E-state index in [-0.39, 0.29) is 6.54 Å². The molecule has 0 saturated heterocycles. The van der Waals surface area contributed by atoms with E-state index < -0.39 is 23.1 Å². The molecule has 0 bridgehead atoms.